The van der Waals surface area contributed by atoms with Gasteiger partial charge in [0.1, 0.15) is 0 Å². The summed E-state index contributed by atoms with van der Waals surface area (Å²) in [5.41, 5.74) is 1.35. The number of halogens is 3. The first-order valence-corrected chi connectivity index (χ1v) is 8.97. The number of carboxylic acid groups (broad SMARTS) is 1. The summed E-state index contributed by atoms with van der Waals surface area (Å²) < 4.78 is 45.5. The van der Waals surface area contributed by atoms with Gasteiger partial charge >= 0.3 is 12.1 Å². The maximum atomic E-state index is 10.6. The van der Waals surface area contributed by atoms with Crippen LogP contribution in [0.15, 0.2) is 12.4 Å². The molecule has 2 fully saturated rings. The van der Waals surface area contributed by atoms with E-state index in [4.69, 9.17) is 19.4 Å². The summed E-state index contributed by atoms with van der Waals surface area (Å²) in [5, 5.41) is 11.5. The number of aliphatic carboxylic acids is 1. The minimum absolute atomic E-state index is 0.0544. The van der Waals surface area contributed by atoms with Gasteiger partial charge < -0.3 is 14.6 Å². The largest absolute Gasteiger partial charge is 0.490 e. The van der Waals surface area contributed by atoms with Crippen LogP contribution in [0.2, 0.25) is 0 Å². The van der Waals surface area contributed by atoms with Crippen LogP contribution < -0.4 is 0 Å². The van der Waals surface area contributed by atoms with Gasteiger partial charge in [0.2, 0.25) is 0 Å². The molecular weight excluding hydrogens is 367 g/mol. The molecule has 3 rings (SSSR count). The lowest BCUT2D eigenvalue weighted by Crippen LogP contribution is -2.65. The van der Waals surface area contributed by atoms with E-state index in [1.54, 1.807) is 0 Å². The molecule has 1 aromatic heterocycles. The zero-order valence-corrected chi connectivity index (χ0v) is 15.5. The van der Waals surface area contributed by atoms with Crippen molar-refractivity contribution in [2.45, 2.75) is 57.7 Å². The van der Waals surface area contributed by atoms with Crippen LogP contribution in [0.25, 0.3) is 0 Å². The topological polar surface area (TPSA) is 76.8 Å². The maximum Gasteiger partial charge on any atom is 0.490 e. The van der Waals surface area contributed by atoms with E-state index in [1.807, 2.05) is 10.9 Å². The molecule has 2 aliphatic heterocycles. The molecule has 27 heavy (non-hydrogen) atoms. The van der Waals surface area contributed by atoms with Crippen LogP contribution in [0.5, 0.6) is 0 Å². The van der Waals surface area contributed by atoms with Crippen molar-refractivity contribution in [2.75, 3.05) is 26.3 Å². The molecule has 0 amide bonds. The molecular formula is C17H26F3N3O4. The van der Waals surface area contributed by atoms with Crippen molar-refractivity contribution in [3.8, 4) is 0 Å². The summed E-state index contributed by atoms with van der Waals surface area (Å²) in [6, 6.07) is 0. The van der Waals surface area contributed by atoms with Crippen molar-refractivity contribution in [2.24, 2.45) is 0 Å². The molecule has 1 N–H and O–H groups in total. The molecule has 10 heteroatoms. The van der Waals surface area contributed by atoms with Crippen molar-refractivity contribution in [1.82, 2.24) is 14.7 Å². The summed E-state index contributed by atoms with van der Waals surface area (Å²) in [6.45, 7) is 9.78. The lowest BCUT2D eigenvalue weighted by molar-refractivity contribution is -0.198. The van der Waals surface area contributed by atoms with Crippen LogP contribution >= 0.6 is 0 Å². The number of hydrogen-bond donors (Lipinski definition) is 1. The van der Waals surface area contributed by atoms with E-state index < -0.39 is 12.1 Å². The predicted octanol–water partition coefficient (Wildman–Crippen LogP) is 2.31. The Bertz CT molecular complexity index is 613. The first-order chi connectivity index (χ1) is 12.7. The SMILES string of the molecule is CCOC1CCOC2(C1)CN(Cc1cnn(CC)c1)C2.O=C(O)C(F)(F)F. The Morgan fingerprint density at radius 1 is 1.44 bits per heavy atom. The number of carbonyl (C=O) groups is 1. The molecule has 0 radical (unpaired) electrons. The van der Waals surface area contributed by atoms with Gasteiger partial charge in [-0.25, -0.2) is 4.79 Å². The Kier molecular flexibility index (Phi) is 7.24. The predicted molar refractivity (Wildman–Crippen MR) is 90.2 cm³/mol. The quantitative estimate of drug-likeness (QED) is 0.827. The summed E-state index contributed by atoms with van der Waals surface area (Å²) in [6.07, 6.45) is 1.50. The second-order valence-electron chi connectivity index (χ2n) is 6.75. The van der Waals surface area contributed by atoms with Crippen molar-refractivity contribution < 1.29 is 32.5 Å². The third-order valence-corrected chi connectivity index (χ3v) is 4.53. The minimum atomic E-state index is -5.08. The molecule has 0 aliphatic carbocycles. The number of rotatable bonds is 5. The highest BCUT2D eigenvalue weighted by Crippen LogP contribution is 2.35. The normalized spacial score (nSPS) is 22.0. The molecule has 1 atom stereocenters. The van der Waals surface area contributed by atoms with Crippen molar-refractivity contribution in [1.29, 1.82) is 0 Å². The van der Waals surface area contributed by atoms with E-state index in [1.165, 1.54) is 5.56 Å². The standard InChI is InChI=1S/C15H25N3O2.C2HF3O2/c1-3-18-10-13(8-16-18)9-17-11-15(12-17)7-14(19-4-2)5-6-20-15;3-2(4,5)1(6)7/h8,10,14H,3-7,9,11-12H2,1-2H3;(H,6,7). The zero-order valence-electron chi connectivity index (χ0n) is 15.5. The third-order valence-electron chi connectivity index (χ3n) is 4.53. The van der Waals surface area contributed by atoms with Gasteiger partial charge in [0.25, 0.3) is 0 Å². The fourth-order valence-electron chi connectivity index (χ4n) is 3.38. The summed E-state index contributed by atoms with van der Waals surface area (Å²) in [4.78, 5) is 11.3. The van der Waals surface area contributed by atoms with Crippen LogP contribution in [-0.2, 0) is 27.4 Å². The van der Waals surface area contributed by atoms with Gasteiger partial charge in [0, 0.05) is 57.6 Å². The molecule has 0 aromatic carbocycles. The van der Waals surface area contributed by atoms with E-state index in [2.05, 4.69) is 30.0 Å². The van der Waals surface area contributed by atoms with Crippen LogP contribution in [-0.4, -0.2) is 69.9 Å². The highest BCUT2D eigenvalue weighted by Gasteiger charge is 2.47. The molecule has 1 spiro atoms. The lowest BCUT2D eigenvalue weighted by Gasteiger charge is -2.53. The van der Waals surface area contributed by atoms with Crippen molar-refractivity contribution >= 4 is 5.97 Å². The summed E-state index contributed by atoms with van der Waals surface area (Å²) in [7, 11) is 0. The van der Waals surface area contributed by atoms with E-state index in [-0.39, 0.29) is 5.60 Å². The molecule has 154 valence electrons. The van der Waals surface area contributed by atoms with Crippen molar-refractivity contribution in [3.63, 3.8) is 0 Å². The third kappa shape index (κ3) is 6.18. The molecule has 7 nitrogen and oxygen atoms in total. The van der Waals surface area contributed by atoms with Crippen LogP contribution in [0.3, 0.4) is 0 Å². The molecule has 2 saturated heterocycles. The second-order valence-corrected chi connectivity index (χ2v) is 6.75. The first kappa shape index (κ1) is 21.6. The van der Waals surface area contributed by atoms with Crippen molar-refractivity contribution in [3.05, 3.63) is 18.0 Å². The number of carboxylic acids is 1. The Balaban J connectivity index is 0.000000321. The number of nitrogens with zero attached hydrogens (tertiary/aromatic N) is 3. The maximum absolute atomic E-state index is 10.6. The van der Waals surface area contributed by atoms with Gasteiger partial charge in [0.15, 0.2) is 0 Å². The highest BCUT2D eigenvalue weighted by atomic mass is 19.4. The molecule has 3 heterocycles. The number of likely N-dealkylation sites (tertiary alicyclic amines) is 1. The summed E-state index contributed by atoms with van der Waals surface area (Å²) >= 11 is 0. The Morgan fingerprint density at radius 3 is 2.63 bits per heavy atom. The Labute approximate surface area is 156 Å². The fraction of sp³-hybridized carbons (Fsp3) is 0.765. The van der Waals surface area contributed by atoms with Gasteiger partial charge in [-0.15, -0.1) is 0 Å². The van der Waals surface area contributed by atoms with Gasteiger partial charge in [0.05, 0.1) is 17.9 Å². The van der Waals surface area contributed by atoms with Gasteiger partial charge in [-0.2, -0.15) is 18.3 Å². The van der Waals surface area contributed by atoms with Gasteiger partial charge in [-0.3, -0.25) is 9.58 Å². The average molecular weight is 393 g/mol. The van der Waals surface area contributed by atoms with E-state index in [0.717, 1.165) is 52.2 Å². The number of alkyl halides is 3. The smallest absolute Gasteiger partial charge is 0.475 e. The number of ether oxygens (including phenoxy) is 2. The molecule has 0 saturated carbocycles. The highest BCUT2D eigenvalue weighted by molar-refractivity contribution is 5.73. The molecule has 1 aromatic rings. The van der Waals surface area contributed by atoms with Crippen LogP contribution in [0.4, 0.5) is 13.2 Å². The van der Waals surface area contributed by atoms with Gasteiger partial charge in [-0.05, 0) is 20.3 Å². The Morgan fingerprint density at radius 2 is 2.11 bits per heavy atom. The Hall–Kier alpha value is -1.65. The fourth-order valence-corrected chi connectivity index (χ4v) is 3.38. The van der Waals surface area contributed by atoms with Crippen LogP contribution in [0, 0.1) is 0 Å². The van der Waals surface area contributed by atoms with E-state index in [9.17, 15) is 13.2 Å². The van der Waals surface area contributed by atoms with E-state index >= 15 is 0 Å². The summed E-state index contributed by atoms with van der Waals surface area (Å²) in [5.74, 6) is -2.76. The first-order valence-electron chi connectivity index (χ1n) is 8.97. The number of aromatic nitrogens is 2. The van der Waals surface area contributed by atoms with E-state index in [0.29, 0.717) is 6.10 Å². The number of aryl methyl sites for hydroxylation is 1. The molecule has 0 bridgehead atoms. The lowest BCUT2D eigenvalue weighted by atomic mass is 9.84. The average Bonchev–Trinajstić information content (AvgIpc) is 3.01. The minimum Gasteiger partial charge on any atom is -0.475 e. The number of hydrogen-bond acceptors (Lipinski definition) is 5. The molecule has 2 aliphatic rings. The zero-order chi connectivity index (χ0) is 20.1. The van der Waals surface area contributed by atoms with Gasteiger partial charge in [-0.1, -0.05) is 0 Å². The van der Waals surface area contributed by atoms with Crippen LogP contribution in [0.1, 0.15) is 32.3 Å². The molecule has 1 unspecified atom stereocenters. The monoisotopic (exact) mass is 393 g/mol. The second kappa shape index (κ2) is 9.03.